The summed E-state index contributed by atoms with van der Waals surface area (Å²) in [6.45, 7) is 0. The third-order valence-electron chi connectivity index (χ3n) is 3.11. The third-order valence-corrected chi connectivity index (χ3v) is 4.94. The summed E-state index contributed by atoms with van der Waals surface area (Å²) in [5.41, 5.74) is 6.11. The summed E-state index contributed by atoms with van der Waals surface area (Å²) in [5, 5.41) is 3.71. The lowest BCUT2D eigenvalue weighted by Crippen LogP contribution is -2.05. The van der Waals surface area contributed by atoms with Crippen molar-refractivity contribution in [1.29, 1.82) is 0 Å². The van der Waals surface area contributed by atoms with Gasteiger partial charge in [0.15, 0.2) is 4.90 Å². The predicted octanol–water partition coefficient (Wildman–Crippen LogP) is 2.90. The highest BCUT2D eigenvalue weighted by atomic mass is 32.2. The van der Waals surface area contributed by atoms with Gasteiger partial charge in [-0.15, -0.1) is 0 Å². The Bertz CT molecular complexity index is 904. The van der Waals surface area contributed by atoms with Gasteiger partial charge in [-0.25, -0.2) is 12.8 Å². The Hall–Kier alpha value is -2.67. The van der Waals surface area contributed by atoms with E-state index >= 15 is 0 Å². The van der Waals surface area contributed by atoms with E-state index in [1.165, 1.54) is 36.4 Å². The van der Waals surface area contributed by atoms with Gasteiger partial charge in [0, 0.05) is 5.56 Å². The highest BCUT2D eigenvalue weighted by molar-refractivity contribution is 7.91. The second-order valence-electron chi connectivity index (χ2n) is 4.55. The molecule has 5 nitrogen and oxygen atoms in total. The minimum absolute atomic E-state index is 0.0568. The van der Waals surface area contributed by atoms with Crippen molar-refractivity contribution < 1.29 is 17.3 Å². The molecule has 7 heteroatoms. The normalized spacial score (nSPS) is 11.5. The zero-order chi connectivity index (χ0) is 15.7. The molecule has 0 fully saturated rings. The molecule has 112 valence electrons. The summed E-state index contributed by atoms with van der Waals surface area (Å²) in [6.07, 6.45) is 0. The van der Waals surface area contributed by atoms with Gasteiger partial charge < -0.3 is 10.3 Å². The van der Waals surface area contributed by atoms with Gasteiger partial charge in [0.2, 0.25) is 15.7 Å². The van der Waals surface area contributed by atoms with Crippen LogP contribution in [-0.2, 0) is 9.84 Å². The molecular formula is C15H11FN2O3S. The van der Waals surface area contributed by atoms with Gasteiger partial charge in [0.1, 0.15) is 11.5 Å². The smallest absolute Gasteiger partial charge is 0.242 e. The van der Waals surface area contributed by atoms with Crippen LogP contribution in [0.5, 0.6) is 0 Å². The molecule has 1 aromatic heterocycles. The Balaban J connectivity index is 2.20. The number of halogens is 1. The summed E-state index contributed by atoms with van der Waals surface area (Å²) in [5.74, 6) is -0.740. The van der Waals surface area contributed by atoms with E-state index in [2.05, 4.69) is 5.16 Å². The van der Waals surface area contributed by atoms with Crippen LogP contribution < -0.4 is 5.73 Å². The van der Waals surface area contributed by atoms with Gasteiger partial charge in [0.05, 0.1) is 4.90 Å². The molecule has 0 aliphatic rings. The number of aromatic nitrogens is 1. The predicted molar refractivity (Wildman–Crippen MR) is 78.2 cm³/mol. The number of benzene rings is 2. The molecule has 22 heavy (non-hydrogen) atoms. The Morgan fingerprint density at radius 2 is 1.64 bits per heavy atom. The summed E-state index contributed by atoms with van der Waals surface area (Å²) in [4.78, 5) is -0.140. The number of hydrogen-bond acceptors (Lipinski definition) is 5. The molecule has 3 rings (SSSR count). The molecule has 0 amide bonds. The number of nitrogens with zero attached hydrogens (tertiary/aromatic N) is 1. The highest BCUT2D eigenvalue weighted by Gasteiger charge is 2.29. The van der Waals surface area contributed by atoms with Gasteiger partial charge >= 0.3 is 0 Å². The van der Waals surface area contributed by atoms with Crippen LogP contribution in [0.3, 0.4) is 0 Å². The van der Waals surface area contributed by atoms with Gasteiger partial charge in [-0.1, -0.05) is 23.4 Å². The molecule has 0 spiro atoms. The zero-order valence-electron chi connectivity index (χ0n) is 11.2. The summed E-state index contributed by atoms with van der Waals surface area (Å²) >= 11 is 0. The first-order valence-electron chi connectivity index (χ1n) is 6.31. The fourth-order valence-electron chi connectivity index (χ4n) is 2.06. The second kappa shape index (κ2) is 5.27. The van der Waals surface area contributed by atoms with Crippen LogP contribution in [0, 0.1) is 5.82 Å². The fraction of sp³-hybridized carbons (Fsp3) is 0. The van der Waals surface area contributed by atoms with Gasteiger partial charge in [-0.3, -0.25) is 0 Å². The molecular weight excluding hydrogens is 307 g/mol. The van der Waals surface area contributed by atoms with E-state index in [-0.39, 0.29) is 21.4 Å². The first kappa shape index (κ1) is 14.3. The van der Waals surface area contributed by atoms with Crippen molar-refractivity contribution in [3.05, 3.63) is 60.4 Å². The van der Waals surface area contributed by atoms with Crippen LogP contribution in [0.15, 0.2) is 68.9 Å². The maximum atomic E-state index is 13.0. The average Bonchev–Trinajstić information content (AvgIpc) is 2.91. The summed E-state index contributed by atoms with van der Waals surface area (Å²) < 4.78 is 43.3. The topological polar surface area (TPSA) is 86.2 Å². The largest absolute Gasteiger partial charge is 0.366 e. The molecule has 0 unspecified atom stereocenters. The summed E-state index contributed by atoms with van der Waals surface area (Å²) in [7, 11) is -3.89. The lowest BCUT2D eigenvalue weighted by Gasteiger charge is -2.05. The van der Waals surface area contributed by atoms with E-state index < -0.39 is 15.7 Å². The van der Waals surface area contributed by atoms with E-state index in [0.29, 0.717) is 5.56 Å². The minimum Gasteiger partial charge on any atom is -0.366 e. The second-order valence-corrected chi connectivity index (χ2v) is 6.43. The summed E-state index contributed by atoms with van der Waals surface area (Å²) in [6, 6.07) is 13.1. The van der Waals surface area contributed by atoms with Crippen LogP contribution in [0.4, 0.5) is 10.3 Å². The molecule has 3 aromatic rings. The Kier molecular flexibility index (Phi) is 3.42. The lowest BCUT2D eigenvalue weighted by molar-refractivity contribution is 0.437. The molecule has 2 N–H and O–H groups in total. The van der Waals surface area contributed by atoms with Crippen LogP contribution in [-0.4, -0.2) is 13.6 Å². The molecule has 0 saturated heterocycles. The Morgan fingerprint density at radius 3 is 2.27 bits per heavy atom. The maximum Gasteiger partial charge on any atom is 0.242 e. The molecule has 0 aliphatic heterocycles. The quantitative estimate of drug-likeness (QED) is 0.802. The van der Waals surface area contributed by atoms with Crippen LogP contribution >= 0.6 is 0 Å². The Morgan fingerprint density at radius 1 is 1.00 bits per heavy atom. The Labute approximate surface area is 126 Å². The molecule has 0 radical (unpaired) electrons. The minimum atomic E-state index is -3.89. The zero-order valence-corrected chi connectivity index (χ0v) is 12.0. The van der Waals surface area contributed by atoms with Gasteiger partial charge in [-0.05, 0) is 36.4 Å². The van der Waals surface area contributed by atoms with E-state index in [9.17, 15) is 12.8 Å². The van der Waals surface area contributed by atoms with Crippen molar-refractivity contribution in [3.63, 3.8) is 0 Å². The van der Waals surface area contributed by atoms with Crippen molar-refractivity contribution in [2.45, 2.75) is 9.79 Å². The van der Waals surface area contributed by atoms with Gasteiger partial charge in [0.25, 0.3) is 0 Å². The maximum absolute atomic E-state index is 13.0. The van der Waals surface area contributed by atoms with Crippen molar-refractivity contribution in [3.8, 4) is 11.3 Å². The van der Waals surface area contributed by atoms with Crippen molar-refractivity contribution in [2.75, 3.05) is 5.73 Å². The number of nitrogens with two attached hydrogens (primary N) is 1. The monoisotopic (exact) mass is 318 g/mol. The number of sulfone groups is 1. The van der Waals surface area contributed by atoms with E-state index in [0.717, 1.165) is 0 Å². The first-order chi connectivity index (χ1) is 10.5. The van der Waals surface area contributed by atoms with E-state index in [1.807, 2.05) is 0 Å². The average molecular weight is 318 g/mol. The number of hydrogen-bond donors (Lipinski definition) is 1. The number of rotatable bonds is 3. The highest BCUT2D eigenvalue weighted by Crippen LogP contribution is 2.35. The van der Waals surface area contributed by atoms with Crippen LogP contribution in [0.25, 0.3) is 11.3 Å². The molecule has 0 aliphatic carbocycles. The van der Waals surface area contributed by atoms with E-state index in [1.54, 1.807) is 18.2 Å². The standard InChI is InChI=1S/C15H11FN2O3S/c16-11-8-6-10(7-9-11)13-14(15(17)21-18-13)22(19,20)12-4-2-1-3-5-12/h1-9H,17H2. The number of nitrogen functional groups attached to an aromatic ring is 1. The molecule has 0 bridgehead atoms. The third kappa shape index (κ3) is 2.35. The molecule has 0 saturated carbocycles. The van der Waals surface area contributed by atoms with E-state index in [4.69, 9.17) is 10.3 Å². The van der Waals surface area contributed by atoms with Crippen LogP contribution in [0.1, 0.15) is 0 Å². The van der Waals surface area contributed by atoms with Crippen molar-refractivity contribution in [2.24, 2.45) is 0 Å². The van der Waals surface area contributed by atoms with Gasteiger partial charge in [-0.2, -0.15) is 0 Å². The molecule has 2 aromatic carbocycles. The lowest BCUT2D eigenvalue weighted by atomic mass is 10.1. The molecule has 1 heterocycles. The SMILES string of the molecule is Nc1onc(-c2ccc(F)cc2)c1S(=O)(=O)c1ccccc1. The van der Waals surface area contributed by atoms with Crippen molar-refractivity contribution in [1.82, 2.24) is 5.16 Å². The fourth-order valence-corrected chi connectivity index (χ4v) is 3.53. The first-order valence-corrected chi connectivity index (χ1v) is 7.79. The van der Waals surface area contributed by atoms with Crippen LogP contribution in [0.2, 0.25) is 0 Å². The molecule has 0 atom stereocenters. The number of anilines is 1. The van der Waals surface area contributed by atoms with Crippen molar-refractivity contribution >= 4 is 15.7 Å².